The minimum absolute atomic E-state index is 0.0694. The molecule has 0 radical (unpaired) electrons. The average molecular weight is 1010 g/mol. The fourth-order valence-electron chi connectivity index (χ4n) is 14.6. The zero-order valence-electron chi connectivity index (χ0n) is 42.2. The Balaban J connectivity index is 0.961. The van der Waals surface area contributed by atoms with Crippen LogP contribution in [0.3, 0.4) is 0 Å². The van der Waals surface area contributed by atoms with Gasteiger partial charge in [0.2, 0.25) is 0 Å². The maximum atomic E-state index is 5.43. The monoisotopic (exact) mass is 1010 g/mol. The first-order valence-corrected chi connectivity index (χ1v) is 28.0. The van der Waals surface area contributed by atoms with E-state index in [0.29, 0.717) is 46.8 Å². The molecule has 4 saturated carbocycles. The molecule has 366 valence electrons. The van der Waals surface area contributed by atoms with Gasteiger partial charge < -0.3 is 0 Å². The molecule has 1 spiro atoms. The lowest BCUT2D eigenvalue weighted by atomic mass is 9.43. The molecule has 0 saturated heterocycles. The molecule has 0 amide bonds. The Kier molecular flexibility index (Phi) is 10.2. The number of fused-ring (bicyclic) bond motifs is 6. The van der Waals surface area contributed by atoms with Gasteiger partial charge in [-0.05, 0) is 119 Å². The van der Waals surface area contributed by atoms with Crippen LogP contribution < -0.4 is 0 Å². The fourth-order valence-corrected chi connectivity index (χ4v) is 15.9. The van der Waals surface area contributed by atoms with E-state index >= 15 is 0 Å². The van der Waals surface area contributed by atoms with Gasteiger partial charge in [-0.1, -0.05) is 194 Å². The van der Waals surface area contributed by atoms with E-state index in [1.807, 2.05) is 59.9 Å². The van der Waals surface area contributed by atoms with Crippen molar-refractivity contribution in [2.24, 2.45) is 23.7 Å². The second-order valence-corrected chi connectivity index (χ2v) is 22.8. The fraction of sp³-hybridized carbons (Fsp3) is 0.143. The lowest BCUT2D eigenvalue weighted by Gasteiger charge is -2.61. The number of aromatic nitrogens is 6. The van der Waals surface area contributed by atoms with E-state index < -0.39 is 0 Å². The topological polar surface area (TPSA) is 77.3 Å². The Bertz CT molecular complexity index is 4130. The van der Waals surface area contributed by atoms with E-state index in [1.54, 1.807) is 5.56 Å². The van der Waals surface area contributed by atoms with Crippen LogP contribution in [0, 0.1) is 23.7 Å². The van der Waals surface area contributed by atoms with Crippen molar-refractivity contribution in [1.82, 2.24) is 29.9 Å². The summed E-state index contributed by atoms with van der Waals surface area (Å²) in [6.45, 7) is 0. The number of benzene rings is 9. The highest BCUT2D eigenvalue weighted by Crippen LogP contribution is 2.70. The molecular formula is C70H50N6S. The molecule has 4 fully saturated rings. The first kappa shape index (κ1) is 44.5. The van der Waals surface area contributed by atoms with Crippen LogP contribution in [0.15, 0.2) is 218 Å². The highest BCUT2D eigenvalue weighted by atomic mass is 32.1. The van der Waals surface area contributed by atoms with Crippen molar-refractivity contribution in [3.8, 4) is 102 Å². The van der Waals surface area contributed by atoms with Crippen molar-refractivity contribution < 1.29 is 0 Å². The molecule has 0 atom stereocenters. The maximum Gasteiger partial charge on any atom is 0.164 e. The van der Waals surface area contributed by atoms with Gasteiger partial charge in [-0.3, -0.25) is 0 Å². The predicted molar refractivity (Wildman–Crippen MR) is 313 cm³/mol. The Morgan fingerprint density at radius 3 is 1.23 bits per heavy atom. The lowest BCUT2D eigenvalue weighted by molar-refractivity contribution is -0.0399. The number of hydrogen-bond donors (Lipinski definition) is 0. The van der Waals surface area contributed by atoms with Crippen LogP contribution in [0.5, 0.6) is 0 Å². The van der Waals surface area contributed by atoms with Crippen LogP contribution in [-0.2, 0) is 5.41 Å². The number of thiophene rings is 1. The van der Waals surface area contributed by atoms with Gasteiger partial charge in [-0.25, -0.2) is 29.9 Å². The molecule has 0 N–H and O–H groups in total. The van der Waals surface area contributed by atoms with Gasteiger partial charge in [0.1, 0.15) is 0 Å². The van der Waals surface area contributed by atoms with E-state index in [9.17, 15) is 0 Å². The third-order valence-electron chi connectivity index (χ3n) is 17.6. The molecule has 5 aliphatic rings. The summed E-state index contributed by atoms with van der Waals surface area (Å²) >= 11 is 1.83. The molecule has 77 heavy (non-hydrogen) atoms. The average Bonchev–Trinajstić information content (AvgIpc) is 3.88. The molecule has 7 heteroatoms. The van der Waals surface area contributed by atoms with Crippen molar-refractivity contribution in [2.45, 2.75) is 37.5 Å². The van der Waals surface area contributed by atoms with Crippen molar-refractivity contribution in [3.05, 3.63) is 230 Å². The molecule has 12 aromatic rings. The largest absolute Gasteiger partial charge is 0.208 e. The molecule has 3 aromatic heterocycles. The summed E-state index contributed by atoms with van der Waals surface area (Å²) in [6, 6.07) is 78.2. The van der Waals surface area contributed by atoms with Gasteiger partial charge in [-0.2, -0.15) is 0 Å². The van der Waals surface area contributed by atoms with Gasteiger partial charge >= 0.3 is 0 Å². The Labute approximate surface area is 451 Å². The van der Waals surface area contributed by atoms with E-state index in [1.165, 1.54) is 70.2 Å². The zero-order chi connectivity index (χ0) is 50.6. The second-order valence-electron chi connectivity index (χ2n) is 21.8. The quantitative estimate of drug-likeness (QED) is 0.151. The third kappa shape index (κ3) is 7.13. The minimum Gasteiger partial charge on any atom is -0.208 e. The van der Waals surface area contributed by atoms with Crippen LogP contribution in [0.25, 0.3) is 122 Å². The zero-order valence-corrected chi connectivity index (χ0v) is 43.0. The Morgan fingerprint density at radius 1 is 0.325 bits per heavy atom. The standard InChI is InChI=1S/C70H50N6S/c1-6-17-44(18-7-1)49-29-31-53-54-32-30-50(41-59(54)70(58(53)40-49)51-36-42-35-43(38-51)39-52(70)37-42)61-57(69-75-66(47-23-12-4-13-24-47)72-67(76-69)48-25-14-5-15-26-48)34-33-55-62-56(27-16-28-60(62)77-63(55)61)68-73-64(45-19-8-2-9-20-45)71-65(74-68)46-21-10-3-11-22-46/h1-34,40-43,51-52H,35-39H2. The summed E-state index contributed by atoms with van der Waals surface area (Å²) < 4.78 is 2.33. The van der Waals surface area contributed by atoms with Crippen molar-refractivity contribution >= 4 is 31.5 Å². The highest BCUT2D eigenvalue weighted by molar-refractivity contribution is 7.26. The first-order valence-electron chi connectivity index (χ1n) is 27.2. The van der Waals surface area contributed by atoms with Gasteiger partial charge in [0.25, 0.3) is 0 Å². The Morgan fingerprint density at radius 2 is 0.740 bits per heavy atom. The molecule has 5 aliphatic carbocycles. The van der Waals surface area contributed by atoms with Crippen LogP contribution >= 0.6 is 11.3 Å². The molecule has 0 unspecified atom stereocenters. The van der Waals surface area contributed by atoms with E-state index in [-0.39, 0.29) is 5.41 Å². The summed E-state index contributed by atoms with van der Waals surface area (Å²) in [5, 5.41) is 2.26. The van der Waals surface area contributed by atoms with Gasteiger partial charge in [0.05, 0.1) is 0 Å². The second kappa shape index (κ2) is 17.7. The summed E-state index contributed by atoms with van der Waals surface area (Å²) in [7, 11) is 0. The molecule has 4 bridgehead atoms. The van der Waals surface area contributed by atoms with Gasteiger partial charge in [0.15, 0.2) is 34.9 Å². The third-order valence-corrected chi connectivity index (χ3v) is 18.8. The first-order chi connectivity index (χ1) is 38.1. The normalized spacial score (nSPS) is 19.7. The van der Waals surface area contributed by atoms with Crippen molar-refractivity contribution in [1.29, 1.82) is 0 Å². The summed E-state index contributed by atoms with van der Waals surface area (Å²) in [5.41, 5.74) is 16.4. The molecule has 6 nitrogen and oxygen atoms in total. The van der Waals surface area contributed by atoms with Crippen molar-refractivity contribution in [3.63, 3.8) is 0 Å². The number of nitrogens with zero attached hydrogens (tertiary/aromatic N) is 6. The van der Waals surface area contributed by atoms with Gasteiger partial charge in [-0.15, -0.1) is 11.3 Å². The highest BCUT2D eigenvalue weighted by Gasteiger charge is 2.61. The van der Waals surface area contributed by atoms with E-state index in [2.05, 4.69) is 170 Å². The summed E-state index contributed by atoms with van der Waals surface area (Å²) in [4.78, 5) is 31.7. The van der Waals surface area contributed by atoms with Crippen molar-refractivity contribution in [2.75, 3.05) is 0 Å². The summed E-state index contributed by atoms with van der Waals surface area (Å²) in [6.07, 6.45) is 6.61. The van der Waals surface area contributed by atoms with Gasteiger partial charge in [0, 0.05) is 64.5 Å². The number of rotatable bonds is 8. The van der Waals surface area contributed by atoms with E-state index in [4.69, 9.17) is 29.9 Å². The van der Waals surface area contributed by atoms with Crippen LogP contribution in [0.1, 0.15) is 43.2 Å². The van der Waals surface area contributed by atoms with Crippen LogP contribution in [0.2, 0.25) is 0 Å². The smallest absolute Gasteiger partial charge is 0.164 e. The maximum absolute atomic E-state index is 5.43. The summed E-state index contributed by atoms with van der Waals surface area (Å²) in [5.74, 6) is 6.67. The predicted octanol–water partition coefficient (Wildman–Crippen LogP) is 17.5. The molecule has 9 aromatic carbocycles. The molecule has 0 aliphatic heterocycles. The lowest BCUT2D eigenvalue weighted by Crippen LogP contribution is -2.55. The Hall–Kier alpha value is -8.78. The molecule has 3 heterocycles. The minimum atomic E-state index is -0.0694. The van der Waals surface area contributed by atoms with Crippen LogP contribution in [-0.4, -0.2) is 29.9 Å². The van der Waals surface area contributed by atoms with E-state index in [0.717, 1.165) is 66.3 Å². The molecule has 17 rings (SSSR count). The SMILES string of the molecule is c1ccc(-c2ccc3c(c2)C2(c4cc(-c5c(-c6nc(-c7ccccc7)nc(-c7ccccc7)n6)ccc6c5sc5cccc(-c7nc(-c8ccccc8)nc(-c8ccccc8)n7)c56)ccc4-3)C3CC4CC(C3)CC2C4)cc1. The molecular weight excluding hydrogens is 957 g/mol. The van der Waals surface area contributed by atoms with Crippen LogP contribution in [0.4, 0.5) is 0 Å². The number of hydrogen-bond acceptors (Lipinski definition) is 7.